The zero-order valence-corrected chi connectivity index (χ0v) is 16.9. The van der Waals surface area contributed by atoms with Crippen molar-refractivity contribution < 1.29 is 14.3 Å². The fraction of sp³-hybridized carbons (Fsp3) is 0.273. The van der Waals surface area contributed by atoms with Crippen LogP contribution in [0.4, 0.5) is 0 Å². The minimum absolute atomic E-state index is 0.0886. The monoisotopic (exact) mass is 379 g/mol. The maximum absolute atomic E-state index is 13.0. The second-order valence-electron chi connectivity index (χ2n) is 6.73. The highest BCUT2D eigenvalue weighted by molar-refractivity contribution is 5.95. The van der Waals surface area contributed by atoms with Gasteiger partial charge in [-0.2, -0.15) is 5.10 Å². The molecule has 6 nitrogen and oxygen atoms in total. The Morgan fingerprint density at radius 2 is 1.89 bits per heavy atom. The third-order valence-electron chi connectivity index (χ3n) is 4.73. The minimum Gasteiger partial charge on any atom is -0.497 e. The first-order valence-electron chi connectivity index (χ1n) is 9.02. The summed E-state index contributed by atoms with van der Waals surface area (Å²) >= 11 is 0. The van der Waals surface area contributed by atoms with Crippen molar-refractivity contribution in [3.05, 3.63) is 71.0 Å². The topological polar surface area (TPSA) is 56.6 Å². The summed E-state index contributed by atoms with van der Waals surface area (Å²) in [5, 5.41) is 4.42. The van der Waals surface area contributed by atoms with Crippen molar-refractivity contribution in [1.82, 2.24) is 14.7 Å². The van der Waals surface area contributed by atoms with Crippen molar-refractivity contribution in [3.8, 4) is 17.2 Å². The molecule has 0 N–H and O–H groups in total. The molecule has 0 unspecified atom stereocenters. The number of carbonyl (C=O) groups excluding carboxylic acids is 1. The van der Waals surface area contributed by atoms with Crippen molar-refractivity contribution in [3.63, 3.8) is 0 Å². The molecular weight excluding hydrogens is 354 g/mol. The Labute approximate surface area is 165 Å². The highest BCUT2D eigenvalue weighted by atomic mass is 16.5. The molecule has 0 saturated heterocycles. The van der Waals surface area contributed by atoms with Crippen LogP contribution in [0.15, 0.2) is 48.7 Å². The summed E-state index contributed by atoms with van der Waals surface area (Å²) in [5.41, 5.74) is 4.38. The molecule has 0 aliphatic rings. The Morgan fingerprint density at radius 3 is 2.57 bits per heavy atom. The fourth-order valence-electron chi connectivity index (χ4n) is 3.16. The van der Waals surface area contributed by atoms with E-state index in [1.165, 1.54) is 0 Å². The third-order valence-corrected chi connectivity index (χ3v) is 4.73. The SMILES string of the molecule is COc1ccc(CN(C)C(=O)c2cnn(-c3cccc(C)c3)c2C)c(OC)c1. The molecule has 28 heavy (non-hydrogen) atoms. The van der Waals surface area contributed by atoms with Crippen LogP contribution < -0.4 is 9.47 Å². The van der Waals surface area contributed by atoms with E-state index in [1.54, 1.807) is 37.0 Å². The maximum Gasteiger partial charge on any atom is 0.257 e. The Bertz CT molecular complexity index is 994. The lowest BCUT2D eigenvalue weighted by Gasteiger charge is -2.19. The number of rotatable bonds is 6. The van der Waals surface area contributed by atoms with Gasteiger partial charge in [-0.05, 0) is 43.7 Å². The van der Waals surface area contributed by atoms with E-state index in [2.05, 4.69) is 5.10 Å². The Balaban J connectivity index is 1.83. The van der Waals surface area contributed by atoms with Gasteiger partial charge in [0.2, 0.25) is 0 Å². The van der Waals surface area contributed by atoms with Crippen LogP contribution >= 0.6 is 0 Å². The van der Waals surface area contributed by atoms with E-state index < -0.39 is 0 Å². The summed E-state index contributed by atoms with van der Waals surface area (Å²) in [4.78, 5) is 14.7. The highest BCUT2D eigenvalue weighted by Crippen LogP contribution is 2.26. The van der Waals surface area contributed by atoms with Crippen molar-refractivity contribution in [2.24, 2.45) is 0 Å². The number of aromatic nitrogens is 2. The van der Waals surface area contributed by atoms with E-state index in [0.717, 1.165) is 22.5 Å². The average molecular weight is 379 g/mol. The van der Waals surface area contributed by atoms with Crippen LogP contribution in [0.5, 0.6) is 11.5 Å². The van der Waals surface area contributed by atoms with Gasteiger partial charge in [0, 0.05) is 25.2 Å². The van der Waals surface area contributed by atoms with Gasteiger partial charge in [-0.3, -0.25) is 4.79 Å². The summed E-state index contributed by atoms with van der Waals surface area (Å²) in [6, 6.07) is 13.6. The normalized spacial score (nSPS) is 10.6. The lowest BCUT2D eigenvalue weighted by Crippen LogP contribution is -2.26. The van der Waals surface area contributed by atoms with Gasteiger partial charge >= 0.3 is 0 Å². The standard InChI is InChI=1S/C22H25N3O3/c1-15-7-6-8-18(11-15)25-16(2)20(13-23-25)22(26)24(3)14-17-9-10-19(27-4)12-21(17)28-5/h6-13H,14H2,1-5H3. The zero-order valence-electron chi connectivity index (χ0n) is 16.9. The molecule has 0 fully saturated rings. The summed E-state index contributed by atoms with van der Waals surface area (Å²) in [5.74, 6) is 1.31. The highest BCUT2D eigenvalue weighted by Gasteiger charge is 2.20. The van der Waals surface area contributed by atoms with Crippen LogP contribution in [0.25, 0.3) is 5.69 Å². The molecule has 0 atom stereocenters. The van der Waals surface area contributed by atoms with Crippen molar-refractivity contribution in [2.75, 3.05) is 21.3 Å². The van der Waals surface area contributed by atoms with Gasteiger partial charge in [-0.25, -0.2) is 4.68 Å². The smallest absolute Gasteiger partial charge is 0.257 e. The number of ether oxygens (including phenoxy) is 2. The molecule has 0 saturated carbocycles. The predicted molar refractivity (Wildman–Crippen MR) is 108 cm³/mol. The molecule has 3 rings (SSSR count). The van der Waals surface area contributed by atoms with Gasteiger partial charge in [-0.1, -0.05) is 12.1 Å². The van der Waals surface area contributed by atoms with E-state index >= 15 is 0 Å². The van der Waals surface area contributed by atoms with Crippen LogP contribution in [-0.4, -0.2) is 41.9 Å². The van der Waals surface area contributed by atoms with Gasteiger partial charge in [0.15, 0.2) is 0 Å². The molecule has 146 valence electrons. The van der Waals surface area contributed by atoms with E-state index in [-0.39, 0.29) is 5.91 Å². The number of amides is 1. The summed E-state index contributed by atoms with van der Waals surface area (Å²) in [7, 11) is 4.99. The van der Waals surface area contributed by atoms with Gasteiger partial charge in [-0.15, -0.1) is 0 Å². The number of aryl methyl sites for hydroxylation is 1. The molecule has 1 aromatic heterocycles. The second kappa shape index (κ2) is 8.17. The molecular formula is C22H25N3O3. The molecule has 1 heterocycles. The lowest BCUT2D eigenvalue weighted by atomic mass is 10.1. The van der Waals surface area contributed by atoms with Crippen LogP contribution in [0.1, 0.15) is 27.2 Å². The number of hydrogen-bond donors (Lipinski definition) is 0. The summed E-state index contributed by atoms with van der Waals surface area (Å²) in [6.45, 7) is 4.36. The number of carbonyl (C=O) groups is 1. The molecule has 0 radical (unpaired) electrons. The first kappa shape index (κ1) is 19.5. The predicted octanol–water partition coefficient (Wildman–Crippen LogP) is 3.78. The van der Waals surface area contributed by atoms with Crippen molar-refractivity contribution >= 4 is 5.91 Å². The maximum atomic E-state index is 13.0. The quantitative estimate of drug-likeness (QED) is 0.654. The van der Waals surface area contributed by atoms with Crippen LogP contribution in [-0.2, 0) is 6.54 Å². The Morgan fingerprint density at radius 1 is 1.11 bits per heavy atom. The molecule has 0 aliphatic heterocycles. The number of benzene rings is 2. The molecule has 1 amide bonds. The minimum atomic E-state index is -0.0886. The number of hydrogen-bond acceptors (Lipinski definition) is 4. The largest absolute Gasteiger partial charge is 0.497 e. The number of nitrogens with zero attached hydrogens (tertiary/aromatic N) is 3. The molecule has 6 heteroatoms. The zero-order chi connectivity index (χ0) is 20.3. The van der Waals surface area contributed by atoms with Gasteiger partial charge in [0.25, 0.3) is 5.91 Å². The molecule has 3 aromatic rings. The third kappa shape index (κ3) is 3.86. The van der Waals surface area contributed by atoms with E-state index in [0.29, 0.717) is 23.6 Å². The average Bonchev–Trinajstić information content (AvgIpc) is 3.08. The van der Waals surface area contributed by atoms with Crippen molar-refractivity contribution in [2.45, 2.75) is 20.4 Å². The molecule has 0 spiro atoms. The van der Waals surface area contributed by atoms with Gasteiger partial charge in [0.05, 0.1) is 37.4 Å². The summed E-state index contributed by atoms with van der Waals surface area (Å²) < 4.78 is 12.5. The first-order chi connectivity index (χ1) is 13.4. The van der Waals surface area contributed by atoms with Gasteiger partial charge in [0.1, 0.15) is 11.5 Å². The fourth-order valence-corrected chi connectivity index (χ4v) is 3.16. The van der Waals surface area contributed by atoms with Gasteiger partial charge < -0.3 is 14.4 Å². The number of methoxy groups -OCH3 is 2. The van der Waals surface area contributed by atoms with Crippen LogP contribution in [0.2, 0.25) is 0 Å². The molecule has 0 bridgehead atoms. The molecule has 2 aromatic carbocycles. The van der Waals surface area contributed by atoms with E-state index in [9.17, 15) is 4.79 Å². The van der Waals surface area contributed by atoms with Crippen LogP contribution in [0.3, 0.4) is 0 Å². The van der Waals surface area contributed by atoms with Crippen molar-refractivity contribution in [1.29, 1.82) is 0 Å². The van der Waals surface area contributed by atoms with E-state index in [4.69, 9.17) is 9.47 Å². The lowest BCUT2D eigenvalue weighted by molar-refractivity contribution is 0.0783. The summed E-state index contributed by atoms with van der Waals surface area (Å²) in [6.07, 6.45) is 1.63. The second-order valence-corrected chi connectivity index (χ2v) is 6.73. The Hall–Kier alpha value is -3.28. The molecule has 0 aliphatic carbocycles. The van der Waals surface area contributed by atoms with Crippen LogP contribution in [0, 0.1) is 13.8 Å². The van der Waals surface area contributed by atoms with E-state index in [1.807, 2.05) is 56.3 Å². The first-order valence-corrected chi connectivity index (χ1v) is 9.02. The Kier molecular flexibility index (Phi) is 5.68.